The van der Waals surface area contributed by atoms with Gasteiger partial charge < -0.3 is 19.9 Å². The number of phenolic OH excluding ortho intramolecular Hbond substituents is 1. The molecule has 3 aromatic carbocycles. The summed E-state index contributed by atoms with van der Waals surface area (Å²) in [5.74, 6) is 1.74. The summed E-state index contributed by atoms with van der Waals surface area (Å²) in [6.07, 6.45) is 0.901. The molecule has 0 aliphatic carbocycles. The normalized spacial score (nSPS) is 19.2. The van der Waals surface area contributed by atoms with Gasteiger partial charge in [0.05, 0.1) is 20.3 Å². The van der Waals surface area contributed by atoms with Crippen molar-refractivity contribution in [1.29, 1.82) is 0 Å². The number of methoxy groups -OCH3 is 2. The number of benzene rings is 3. The monoisotopic (exact) mass is 349 g/mol. The minimum Gasteiger partial charge on any atom is -0.508 e. The van der Waals surface area contributed by atoms with E-state index in [9.17, 15) is 5.11 Å². The Morgan fingerprint density at radius 2 is 1.73 bits per heavy atom. The fourth-order valence-electron chi connectivity index (χ4n) is 3.97. The van der Waals surface area contributed by atoms with Gasteiger partial charge in [0.15, 0.2) is 11.5 Å². The van der Waals surface area contributed by atoms with E-state index in [2.05, 4.69) is 30.4 Å². The van der Waals surface area contributed by atoms with E-state index in [0.717, 1.165) is 34.1 Å². The molecular formula is C22H23NO3. The largest absolute Gasteiger partial charge is 0.508 e. The van der Waals surface area contributed by atoms with Gasteiger partial charge in [-0.05, 0) is 53.4 Å². The molecule has 0 radical (unpaired) electrons. The number of nitrogens with one attached hydrogen (secondary N) is 1. The van der Waals surface area contributed by atoms with Gasteiger partial charge in [-0.1, -0.05) is 30.3 Å². The smallest absolute Gasteiger partial charge is 0.161 e. The molecule has 2 N–H and O–H groups in total. The Hall–Kier alpha value is -2.72. The van der Waals surface area contributed by atoms with Crippen LogP contribution in [0.4, 0.5) is 0 Å². The van der Waals surface area contributed by atoms with Gasteiger partial charge in [-0.15, -0.1) is 0 Å². The molecule has 0 amide bonds. The standard InChI is InChI=1S/C22H23NO3/c1-13-10-15-11-19(25-2)20(26-3)12-17(15)22(23-13)21-16-7-5-4-6-14(16)8-9-18(21)24/h4-9,11-13,22-24H,10H2,1-3H3/t13-,22-/m1/s1. The van der Waals surface area contributed by atoms with Crippen LogP contribution in [0.3, 0.4) is 0 Å². The third-order valence-electron chi connectivity index (χ3n) is 5.17. The molecule has 4 nitrogen and oxygen atoms in total. The molecule has 1 heterocycles. The highest BCUT2D eigenvalue weighted by molar-refractivity contribution is 5.88. The Balaban J connectivity index is 1.96. The van der Waals surface area contributed by atoms with Crippen LogP contribution < -0.4 is 14.8 Å². The first-order valence-electron chi connectivity index (χ1n) is 8.83. The summed E-state index contributed by atoms with van der Waals surface area (Å²) in [5.41, 5.74) is 3.24. The molecule has 0 fully saturated rings. The van der Waals surface area contributed by atoms with E-state index >= 15 is 0 Å². The number of phenols is 1. The molecule has 26 heavy (non-hydrogen) atoms. The van der Waals surface area contributed by atoms with Crippen molar-refractivity contribution >= 4 is 10.8 Å². The lowest BCUT2D eigenvalue weighted by atomic mass is 9.84. The minimum atomic E-state index is -0.111. The second kappa shape index (κ2) is 6.54. The first-order chi connectivity index (χ1) is 12.6. The number of hydrogen-bond acceptors (Lipinski definition) is 4. The van der Waals surface area contributed by atoms with Gasteiger partial charge in [0.2, 0.25) is 0 Å². The number of ether oxygens (including phenoxy) is 2. The summed E-state index contributed by atoms with van der Waals surface area (Å²) in [5, 5.41) is 16.5. The van der Waals surface area contributed by atoms with E-state index in [1.54, 1.807) is 20.3 Å². The van der Waals surface area contributed by atoms with Crippen molar-refractivity contribution in [3.05, 3.63) is 65.2 Å². The van der Waals surface area contributed by atoms with E-state index in [-0.39, 0.29) is 12.1 Å². The fraction of sp³-hybridized carbons (Fsp3) is 0.273. The van der Waals surface area contributed by atoms with Crippen molar-refractivity contribution < 1.29 is 14.6 Å². The van der Waals surface area contributed by atoms with Crippen LogP contribution >= 0.6 is 0 Å². The molecule has 1 aliphatic heterocycles. The zero-order valence-corrected chi connectivity index (χ0v) is 15.2. The molecule has 0 saturated heterocycles. The van der Waals surface area contributed by atoms with E-state index < -0.39 is 0 Å². The third-order valence-corrected chi connectivity index (χ3v) is 5.17. The van der Waals surface area contributed by atoms with Gasteiger partial charge in [0.1, 0.15) is 5.75 Å². The quantitative estimate of drug-likeness (QED) is 0.745. The van der Waals surface area contributed by atoms with Crippen LogP contribution in [0.2, 0.25) is 0 Å². The maximum atomic E-state index is 10.7. The van der Waals surface area contributed by atoms with Crippen molar-refractivity contribution in [3.63, 3.8) is 0 Å². The highest BCUT2D eigenvalue weighted by Gasteiger charge is 2.30. The maximum absolute atomic E-state index is 10.7. The molecule has 4 heteroatoms. The minimum absolute atomic E-state index is 0.111. The third kappa shape index (κ3) is 2.67. The Morgan fingerprint density at radius 1 is 1.00 bits per heavy atom. The lowest BCUT2D eigenvalue weighted by molar-refractivity contribution is 0.351. The average Bonchev–Trinajstić information content (AvgIpc) is 2.66. The molecule has 0 saturated carbocycles. The molecule has 134 valence electrons. The number of rotatable bonds is 3. The van der Waals surface area contributed by atoms with Gasteiger partial charge in [0, 0.05) is 11.6 Å². The maximum Gasteiger partial charge on any atom is 0.161 e. The van der Waals surface area contributed by atoms with E-state index in [0.29, 0.717) is 11.5 Å². The van der Waals surface area contributed by atoms with E-state index in [4.69, 9.17) is 9.47 Å². The van der Waals surface area contributed by atoms with Crippen molar-refractivity contribution in [2.75, 3.05) is 14.2 Å². The summed E-state index contributed by atoms with van der Waals surface area (Å²) < 4.78 is 11.0. The number of hydrogen-bond donors (Lipinski definition) is 2. The van der Waals surface area contributed by atoms with Crippen LogP contribution in [0.25, 0.3) is 10.8 Å². The van der Waals surface area contributed by atoms with Crippen LogP contribution in [-0.2, 0) is 6.42 Å². The second-order valence-electron chi connectivity index (χ2n) is 6.83. The van der Waals surface area contributed by atoms with Crippen molar-refractivity contribution in [2.24, 2.45) is 0 Å². The highest BCUT2D eigenvalue weighted by atomic mass is 16.5. The average molecular weight is 349 g/mol. The molecular weight excluding hydrogens is 326 g/mol. The lowest BCUT2D eigenvalue weighted by Gasteiger charge is -2.33. The number of aromatic hydroxyl groups is 1. The molecule has 2 atom stereocenters. The molecule has 3 aromatic rings. The van der Waals surface area contributed by atoms with Crippen molar-refractivity contribution in [1.82, 2.24) is 5.32 Å². The Kier molecular flexibility index (Phi) is 4.21. The predicted octanol–water partition coefficient (Wildman–Crippen LogP) is 4.19. The summed E-state index contributed by atoms with van der Waals surface area (Å²) in [7, 11) is 3.30. The van der Waals surface area contributed by atoms with Gasteiger partial charge >= 0.3 is 0 Å². The zero-order valence-electron chi connectivity index (χ0n) is 15.2. The van der Waals surface area contributed by atoms with Crippen LogP contribution in [0.1, 0.15) is 29.7 Å². The Labute approximate surface area is 153 Å². The summed E-state index contributed by atoms with van der Waals surface area (Å²) in [6.45, 7) is 2.16. The number of fused-ring (bicyclic) bond motifs is 2. The molecule has 0 unspecified atom stereocenters. The van der Waals surface area contributed by atoms with Crippen molar-refractivity contribution in [2.45, 2.75) is 25.4 Å². The lowest BCUT2D eigenvalue weighted by Crippen LogP contribution is -2.38. The molecule has 0 aromatic heterocycles. The second-order valence-corrected chi connectivity index (χ2v) is 6.83. The topological polar surface area (TPSA) is 50.7 Å². The van der Waals surface area contributed by atoms with E-state index in [1.807, 2.05) is 24.3 Å². The van der Waals surface area contributed by atoms with Gasteiger partial charge in [-0.3, -0.25) is 0 Å². The summed E-state index contributed by atoms with van der Waals surface area (Å²) >= 11 is 0. The first-order valence-corrected chi connectivity index (χ1v) is 8.83. The van der Waals surface area contributed by atoms with Crippen LogP contribution in [-0.4, -0.2) is 25.4 Å². The predicted molar refractivity (Wildman–Crippen MR) is 103 cm³/mol. The van der Waals surface area contributed by atoms with E-state index in [1.165, 1.54) is 5.56 Å². The van der Waals surface area contributed by atoms with Gasteiger partial charge in [0.25, 0.3) is 0 Å². The van der Waals surface area contributed by atoms with Crippen LogP contribution in [0.5, 0.6) is 17.2 Å². The van der Waals surface area contributed by atoms with Crippen molar-refractivity contribution in [3.8, 4) is 17.2 Å². The molecule has 4 rings (SSSR count). The Morgan fingerprint density at radius 3 is 2.50 bits per heavy atom. The first kappa shape index (κ1) is 16.7. The van der Waals surface area contributed by atoms with Crippen LogP contribution in [0, 0.1) is 0 Å². The summed E-state index contributed by atoms with van der Waals surface area (Å²) in [4.78, 5) is 0. The van der Waals surface area contributed by atoms with Gasteiger partial charge in [-0.25, -0.2) is 0 Å². The molecule has 1 aliphatic rings. The van der Waals surface area contributed by atoms with Crippen LogP contribution in [0.15, 0.2) is 48.5 Å². The SMILES string of the molecule is COc1cc2c(cc1OC)[C@H](c1c(O)ccc3ccccc13)N[C@H](C)C2. The molecule has 0 bridgehead atoms. The Bertz CT molecular complexity index is 967. The zero-order chi connectivity index (χ0) is 18.3. The highest BCUT2D eigenvalue weighted by Crippen LogP contribution is 2.42. The summed E-state index contributed by atoms with van der Waals surface area (Å²) in [6, 6.07) is 16.1. The fourth-order valence-corrected chi connectivity index (χ4v) is 3.97. The molecule has 0 spiro atoms. The van der Waals surface area contributed by atoms with Gasteiger partial charge in [-0.2, -0.15) is 0 Å².